The molecule has 106 valence electrons. The van der Waals surface area contributed by atoms with Gasteiger partial charge < -0.3 is 19.6 Å². The van der Waals surface area contributed by atoms with Crippen LogP contribution >= 0.6 is 0 Å². The van der Waals surface area contributed by atoms with E-state index in [9.17, 15) is 4.79 Å². The Kier molecular flexibility index (Phi) is 4.79. The molecular formula is C15H17NO4. The zero-order valence-corrected chi connectivity index (χ0v) is 11.3. The molecule has 2 rings (SSSR count). The van der Waals surface area contributed by atoms with Gasteiger partial charge in [-0.3, -0.25) is 0 Å². The van der Waals surface area contributed by atoms with E-state index in [1.54, 1.807) is 12.1 Å². The number of hydrogen-bond acceptors (Lipinski definition) is 5. The number of ether oxygens (including phenoxy) is 2. The Morgan fingerprint density at radius 2 is 2.05 bits per heavy atom. The van der Waals surface area contributed by atoms with E-state index in [4.69, 9.17) is 14.9 Å². The van der Waals surface area contributed by atoms with Crippen molar-refractivity contribution < 1.29 is 18.7 Å². The number of esters is 1. The second kappa shape index (κ2) is 6.77. The smallest absolute Gasteiger partial charge is 0.373 e. The van der Waals surface area contributed by atoms with Crippen molar-refractivity contribution in [2.75, 3.05) is 13.7 Å². The first-order valence-electron chi connectivity index (χ1n) is 6.32. The summed E-state index contributed by atoms with van der Waals surface area (Å²) in [6, 6.07) is 11.0. The van der Waals surface area contributed by atoms with Crippen molar-refractivity contribution >= 4 is 5.97 Å². The summed E-state index contributed by atoms with van der Waals surface area (Å²) >= 11 is 0. The largest absolute Gasteiger partial charge is 0.485 e. The molecule has 2 aromatic rings. The molecule has 0 saturated carbocycles. The van der Waals surface area contributed by atoms with Gasteiger partial charge in [0.1, 0.15) is 18.1 Å². The molecule has 0 bridgehead atoms. The molecule has 0 spiro atoms. The topological polar surface area (TPSA) is 74.7 Å². The van der Waals surface area contributed by atoms with E-state index in [0.717, 1.165) is 17.7 Å². The fourth-order valence-corrected chi connectivity index (χ4v) is 1.82. The summed E-state index contributed by atoms with van der Waals surface area (Å²) < 4.78 is 15.6. The van der Waals surface area contributed by atoms with Gasteiger partial charge in [0, 0.05) is 0 Å². The van der Waals surface area contributed by atoms with Crippen molar-refractivity contribution in [2.24, 2.45) is 5.73 Å². The van der Waals surface area contributed by atoms with Crippen LogP contribution in [0.15, 0.2) is 40.8 Å². The van der Waals surface area contributed by atoms with E-state index in [-0.39, 0.29) is 12.4 Å². The fourth-order valence-electron chi connectivity index (χ4n) is 1.82. The third-order valence-electron chi connectivity index (χ3n) is 2.80. The average molecular weight is 275 g/mol. The molecule has 0 aliphatic rings. The van der Waals surface area contributed by atoms with E-state index in [1.807, 2.05) is 24.3 Å². The summed E-state index contributed by atoms with van der Waals surface area (Å²) in [5, 5.41) is 0. The first kappa shape index (κ1) is 14.1. The lowest BCUT2D eigenvalue weighted by atomic mass is 10.1. The maximum absolute atomic E-state index is 11.3. The number of carbonyl (C=O) groups excluding carboxylic acids is 1. The van der Waals surface area contributed by atoms with E-state index < -0.39 is 5.97 Å². The molecule has 0 fully saturated rings. The molecule has 0 atom stereocenters. The van der Waals surface area contributed by atoms with E-state index in [2.05, 4.69) is 4.74 Å². The molecule has 2 N–H and O–H groups in total. The molecule has 0 saturated heterocycles. The third kappa shape index (κ3) is 3.39. The molecule has 0 aliphatic carbocycles. The van der Waals surface area contributed by atoms with E-state index >= 15 is 0 Å². The molecule has 0 amide bonds. The lowest BCUT2D eigenvalue weighted by molar-refractivity contribution is 0.0561. The summed E-state index contributed by atoms with van der Waals surface area (Å²) in [5.41, 5.74) is 6.61. The summed E-state index contributed by atoms with van der Waals surface area (Å²) in [4.78, 5) is 11.3. The van der Waals surface area contributed by atoms with E-state index in [0.29, 0.717) is 12.3 Å². The van der Waals surface area contributed by atoms with Gasteiger partial charge in [0.05, 0.1) is 7.11 Å². The fraction of sp³-hybridized carbons (Fsp3) is 0.267. The summed E-state index contributed by atoms with van der Waals surface area (Å²) in [7, 11) is 1.31. The number of methoxy groups -OCH3 is 1. The number of nitrogens with two attached hydrogens (primary N) is 1. The summed E-state index contributed by atoms with van der Waals surface area (Å²) in [6.07, 6.45) is 0.752. The Bertz CT molecular complexity index is 577. The van der Waals surface area contributed by atoms with Crippen molar-refractivity contribution in [1.29, 1.82) is 0 Å². The van der Waals surface area contributed by atoms with Gasteiger partial charge in [0.2, 0.25) is 5.76 Å². The Labute approximate surface area is 117 Å². The van der Waals surface area contributed by atoms with Gasteiger partial charge in [0.25, 0.3) is 0 Å². The molecule has 0 radical (unpaired) electrons. The highest BCUT2D eigenvalue weighted by Gasteiger charge is 2.11. The lowest BCUT2D eigenvalue weighted by Gasteiger charge is -2.09. The van der Waals surface area contributed by atoms with Crippen LogP contribution in [-0.2, 0) is 17.8 Å². The van der Waals surface area contributed by atoms with Crippen LogP contribution < -0.4 is 10.5 Å². The Balaban J connectivity index is 2.02. The standard InChI is InChI=1S/C15H17NO4/c1-18-15(17)14-7-6-12(20-14)10-19-13-5-3-2-4-11(13)8-9-16/h2-7H,8-10,16H2,1H3. The number of furan rings is 1. The van der Waals surface area contributed by atoms with Gasteiger partial charge in [-0.1, -0.05) is 18.2 Å². The lowest BCUT2D eigenvalue weighted by Crippen LogP contribution is -2.05. The first-order valence-corrected chi connectivity index (χ1v) is 6.32. The Hall–Kier alpha value is -2.27. The second-order valence-electron chi connectivity index (χ2n) is 4.19. The highest BCUT2D eigenvalue weighted by molar-refractivity contribution is 5.86. The monoisotopic (exact) mass is 275 g/mol. The van der Waals surface area contributed by atoms with Crippen LogP contribution in [0.1, 0.15) is 21.9 Å². The van der Waals surface area contributed by atoms with Crippen LogP contribution in [0.2, 0.25) is 0 Å². The van der Waals surface area contributed by atoms with Crippen LogP contribution in [0.3, 0.4) is 0 Å². The molecule has 1 heterocycles. The number of hydrogen-bond donors (Lipinski definition) is 1. The van der Waals surface area contributed by atoms with Gasteiger partial charge in [0.15, 0.2) is 0 Å². The predicted octanol–water partition coefficient (Wildman–Crippen LogP) is 2.15. The van der Waals surface area contributed by atoms with Crippen molar-refractivity contribution in [3.05, 3.63) is 53.5 Å². The zero-order valence-electron chi connectivity index (χ0n) is 11.3. The van der Waals surface area contributed by atoms with Crippen LogP contribution in [0, 0.1) is 0 Å². The molecule has 20 heavy (non-hydrogen) atoms. The minimum absolute atomic E-state index is 0.168. The number of benzene rings is 1. The third-order valence-corrected chi connectivity index (χ3v) is 2.80. The number of rotatable bonds is 6. The quantitative estimate of drug-likeness (QED) is 0.817. The molecule has 1 aromatic carbocycles. The van der Waals surface area contributed by atoms with Crippen molar-refractivity contribution in [1.82, 2.24) is 0 Å². The van der Waals surface area contributed by atoms with Gasteiger partial charge in [-0.25, -0.2) is 4.79 Å². The first-order chi connectivity index (χ1) is 9.74. The van der Waals surface area contributed by atoms with Crippen molar-refractivity contribution in [3.63, 3.8) is 0 Å². The number of para-hydroxylation sites is 1. The predicted molar refractivity (Wildman–Crippen MR) is 73.6 cm³/mol. The minimum Gasteiger partial charge on any atom is -0.485 e. The van der Waals surface area contributed by atoms with Gasteiger partial charge in [-0.05, 0) is 36.7 Å². The minimum atomic E-state index is -0.500. The van der Waals surface area contributed by atoms with Gasteiger partial charge in [-0.15, -0.1) is 0 Å². The molecule has 1 aromatic heterocycles. The molecule has 0 unspecified atom stereocenters. The SMILES string of the molecule is COC(=O)c1ccc(COc2ccccc2CCN)o1. The maximum atomic E-state index is 11.3. The molecule has 5 nitrogen and oxygen atoms in total. The molecule has 5 heteroatoms. The normalized spacial score (nSPS) is 10.3. The van der Waals surface area contributed by atoms with Crippen LogP contribution in [0.5, 0.6) is 5.75 Å². The van der Waals surface area contributed by atoms with E-state index in [1.165, 1.54) is 7.11 Å². The van der Waals surface area contributed by atoms with Crippen LogP contribution in [0.25, 0.3) is 0 Å². The molecular weight excluding hydrogens is 258 g/mol. The average Bonchev–Trinajstić information content (AvgIpc) is 2.95. The van der Waals surface area contributed by atoms with Crippen LogP contribution in [-0.4, -0.2) is 19.6 Å². The highest BCUT2D eigenvalue weighted by Crippen LogP contribution is 2.20. The summed E-state index contributed by atoms with van der Waals surface area (Å²) in [6.45, 7) is 0.812. The zero-order chi connectivity index (χ0) is 14.4. The molecule has 0 aliphatic heterocycles. The van der Waals surface area contributed by atoms with Gasteiger partial charge >= 0.3 is 5.97 Å². The van der Waals surface area contributed by atoms with Gasteiger partial charge in [-0.2, -0.15) is 0 Å². The van der Waals surface area contributed by atoms with Crippen molar-refractivity contribution in [3.8, 4) is 5.75 Å². The summed E-state index contributed by atoms with van der Waals surface area (Å²) in [5.74, 6) is 1.00. The highest BCUT2D eigenvalue weighted by atomic mass is 16.5. The Morgan fingerprint density at radius 1 is 1.25 bits per heavy atom. The second-order valence-corrected chi connectivity index (χ2v) is 4.19. The number of carbonyl (C=O) groups is 1. The van der Waals surface area contributed by atoms with Crippen LogP contribution in [0.4, 0.5) is 0 Å². The van der Waals surface area contributed by atoms with Crippen molar-refractivity contribution in [2.45, 2.75) is 13.0 Å². The maximum Gasteiger partial charge on any atom is 0.373 e. The Morgan fingerprint density at radius 3 is 2.80 bits per heavy atom.